The van der Waals surface area contributed by atoms with Crippen LogP contribution in [0.5, 0.6) is 0 Å². The molecule has 0 fully saturated rings. The number of nitrogens with two attached hydrogens (primary N) is 1. The summed E-state index contributed by atoms with van der Waals surface area (Å²) < 4.78 is 0. The van der Waals surface area contributed by atoms with Crippen LogP contribution in [0, 0.1) is 0 Å². The number of thiophene rings is 2. The summed E-state index contributed by atoms with van der Waals surface area (Å²) in [6.07, 6.45) is 3.20. The van der Waals surface area contributed by atoms with Crippen LogP contribution >= 0.6 is 22.7 Å². The average Bonchev–Trinajstić information content (AvgIpc) is 2.96. The molecule has 0 aromatic carbocycles. The second-order valence-electron chi connectivity index (χ2n) is 4.19. The topological polar surface area (TPSA) is 26.0 Å². The lowest BCUT2D eigenvalue weighted by molar-refractivity contribution is 0.745. The maximum atomic E-state index is 6.26. The molecule has 0 saturated heterocycles. The summed E-state index contributed by atoms with van der Waals surface area (Å²) in [6.45, 7) is 4.39. The smallest absolute Gasteiger partial charge is 0.0438 e. The molecular formula is C14H19NS2. The van der Waals surface area contributed by atoms with Crippen LogP contribution in [0.25, 0.3) is 0 Å². The van der Waals surface area contributed by atoms with Crippen LogP contribution in [0.15, 0.2) is 24.3 Å². The summed E-state index contributed by atoms with van der Waals surface area (Å²) in [7, 11) is 0. The molecule has 0 aliphatic rings. The molecule has 92 valence electrons. The van der Waals surface area contributed by atoms with Gasteiger partial charge >= 0.3 is 0 Å². The van der Waals surface area contributed by atoms with Gasteiger partial charge in [0.1, 0.15) is 0 Å². The predicted molar refractivity (Wildman–Crippen MR) is 78.0 cm³/mol. The van der Waals surface area contributed by atoms with Gasteiger partial charge in [0.15, 0.2) is 0 Å². The Morgan fingerprint density at radius 2 is 1.53 bits per heavy atom. The molecule has 2 aromatic rings. The first-order valence-electron chi connectivity index (χ1n) is 6.14. The number of hydrogen-bond donors (Lipinski definition) is 1. The summed E-state index contributed by atoms with van der Waals surface area (Å²) in [5, 5.41) is 0. The van der Waals surface area contributed by atoms with E-state index in [0.717, 1.165) is 19.3 Å². The molecule has 2 heterocycles. The highest BCUT2D eigenvalue weighted by Crippen LogP contribution is 2.27. The Balaban J connectivity index is 2.02. The van der Waals surface area contributed by atoms with E-state index in [0.29, 0.717) is 0 Å². The van der Waals surface area contributed by atoms with Gasteiger partial charge < -0.3 is 5.73 Å². The Morgan fingerprint density at radius 3 is 2.12 bits per heavy atom. The zero-order valence-electron chi connectivity index (χ0n) is 10.4. The van der Waals surface area contributed by atoms with Crippen LogP contribution < -0.4 is 5.73 Å². The molecule has 0 amide bonds. The van der Waals surface area contributed by atoms with Crippen LogP contribution in [0.2, 0.25) is 0 Å². The number of rotatable bonds is 5. The van der Waals surface area contributed by atoms with Crippen molar-refractivity contribution in [3.8, 4) is 0 Å². The van der Waals surface area contributed by atoms with Gasteiger partial charge in [-0.3, -0.25) is 0 Å². The zero-order valence-corrected chi connectivity index (χ0v) is 12.0. The summed E-state index contributed by atoms with van der Waals surface area (Å²) in [4.78, 5) is 5.60. The van der Waals surface area contributed by atoms with Crippen molar-refractivity contribution in [2.45, 2.75) is 39.2 Å². The highest BCUT2D eigenvalue weighted by molar-refractivity contribution is 7.12. The van der Waals surface area contributed by atoms with Crippen molar-refractivity contribution in [2.75, 3.05) is 0 Å². The van der Waals surface area contributed by atoms with Crippen LogP contribution in [0.3, 0.4) is 0 Å². The normalized spacial score (nSPS) is 12.9. The minimum Gasteiger partial charge on any atom is -0.323 e. The van der Waals surface area contributed by atoms with Crippen molar-refractivity contribution in [2.24, 2.45) is 5.73 Å². The fourth-order valence-electron chi connectivity index (χ4n) is 1.82. The lowest BCUT2D eigenvalue weighted by Gasteiger charge is -2.07. The SMILES string of the molecule is CCc1ccc(CC(N)c2ccc(CC)s2)s1. The second-order valence-corrected chi connectivity index (χ2v) is 6.64. The van der Waals surface area contributed by atoms with Gasteiger partial charge in [0.25, 0.3) is 0 Å². The molecule has 1 nitrogen and oxygen atoms in total. The van der Waals surface area contributed by atoms with Crippen LogP contribution in [0.1, 0.15) is 39.4 Å². The molecule has 2 N–H and O–H groups in total. The third kappa shape index (κ3) is 3.18. The van der Waals surface area contributed by atoms with Gasteiger partial charge in [0, 0.05) is 32.0 Å². The summed E-state index contributed by atoms with van der Waals surface area (Å²) in [6, 6.07) is 8.98. The van der Waals surface area contributed by atoms with Crippen LogP contribution in [-0.2, 0) is 19.3 Å². The van der Waals surface area contributed by atoms with E-state index >= 15 is 0 Å². The zero-order chi connectivity index (χ0) is 12.3. The third-order valence-corrected chi connectivity index (χ3v) is 5.50. The fourth-order valence-corrected chi connectivity index (χ4v) is 3.79. The van der Waals surface area contributed by atoms with Crippen LogP contribution in [0.4, 0.5) is 0 Å². The molecule has 3 heteroatoms. The van der Waals surface area contributed by atoms with E-state index in [1.165, 1.54) is 19.5 Å². The molecule has 0 aliphatic carbocycles. The molecule has 0 aliphatic heterocycles. The van der Waals surface area contributed by atoms with Crippen molar-refractivity contribution < 1.29 is 0 Å². The molecule has 0 saturated carbocycles. The van der Waals surface area contributed by atoms with E-state index in [4.69, 9.17) is 5.73 Å². The van der Waals surface area contributed by atoms with Gasteiger partial charge in [-0.2, -0.15) is 0 Å². The van der Waals surface area contributed by atoms with Crippen molar-refractivity contribution in [1.82, 2.24) is 0 Å². The first kappa shape index (κ1) is 12.8. The lowest BCUT2D eigenvalue weighted by atomic mass is 10.1. The van der Waals surface area contributed by atoms with E-state index < -0.39 is 0 Å². The van der Waals surface area contributed by atoms with E-state index in [2.05, 4.69) is 38.1 Å². The highest BCUT2D eigenvalue weighted by Gasteiger charge is 2.11. The van der Waals surface area contributed by atoms with Gasteiger partial charge in [-0.05, 0) is 37.1 Å². The Kier molecular flexibility index (Phi) is 4.37. The van der Waals surface area contributed by atoms with Gasteiger partial charge in [-0.25, -0.2) is 0 Å². The Bertz CT molecular complexity index is 470. The van der Waals surface area contributed by atoms with Crippen molar-refractivity contribution in [3.63, 3.8) is 0 Å². The van der Waals surface area contributed by atoms with Gasteiger partial charge in [0.2, 0.25) is 0 Å². The van der Waals surface area contributed by atoms with E-state index in [1.54, 1.807) is 0 Å². The second kappa shape index (κ2) is 5.80. The Hall–Kier alpha value is -0.640. The average molecular weight is 265 g/mol. The molecule has 1 atom stereocenters. The maximum Gasteiger partial charge on any atom is 0.0438 e. The van der Waals surface area contributed by atoms with Crippen LogP contribution in [-0.4, -0.2) is 0 Å². The predicted octanol–water partition coefficient (Wildman–Crippen LogP) is 4.18. The molecule has 17 heavy (non-hydrogen) atoms. The van der Waals surface area contributed by atoms with E-state index in [9.17, 15) is 0 Å². The van der Waals surface area contributed by atoms with Gasteiger partial charge in [-0.1, -0.05) is 13.8 Å². The summed E-state index contributed by atoms with van der Waals surface area (Å²) in [5.74, 6) is 0. The minimum absolute atomic E-state index is 0.156. The number of hydrogen-bond acceptors (Lipinski definition) is 3. The van der Waals surface area contributed by atoms with E-state index in [1.807, 2.05) is 22.7 Å². The molecule has 0 bridgehead atoms. The molecule has 1 unspecified atom stereocenters. The minimum atomic E-state index is 0.156. The first-order chi connectivity index (χ1) is 8.22. The van der Waals surface area contributed by atoms with Crippen molar-refractivity contribution in [3.05, 3.63) is 43.8 Å². The monoisotopic (exact) mass is 265 g/mol. The van der Waals surface area contributed by atoms with E-state index in [-0.39, 0.29) is 6.04 Å². The quantitative estimate of drug-likeness (QED) is 0.862. The fraction of sp³-hybridized carbons (Fsp3) is 0.429. The molecule has 0 radical (unpaired) electrons. The van der Waals surface area contributed by atoms with Crippen molar-refractivity contribution >= 4 is 22.7 Å². The summed E-state index contributed by atoms with van der Waals surface area (Å²) >= 11 is 3.75. The number of aryl methyl sites for hydroxylation is 2. The molecule has 0 spiro atoms. The molecular weight excluding hydrogens is 246 g/mol. The Labute approximate surface area is 111 Å². The highest BCUT2D eigenvalue weighted by atomic mass is 32.1. The first-order valence-corrected chi connectivity index (χ1v) is 7.78. The van der Waals surface area contributed by atoms with Gasteiger partial charge in [-0.15, -0.1) is 22.7 Å². The molecule has 2 rings (SSSR count). The third-order valence-electron chi connectivity index (χ3n) is 2.88. The molecule has 2 aromatic heterocycles. The van der Waals surface area contributed by atoms with Crippen molar-refractivity contribution in [1.29, 1.82) is 0 Å². The lowest BCUT2D eigenvalue weighted by Crippen LogP contribution is -2.10. The standard InChI is InChI=1S/C14H19NS2/c1-3-10-5-6-12(16-10)9-13(15)14-8-7-11(4-2)17-14/h5-8,13H,3-4,9,15H2,1-2H3. The largest absolute Gasteiger partial charge is 0.323 e. The maximum absolute atomic E-state index is 6.26. The van der Waals surface area contributed by atoms with Gasteiger partial charge in [0.05, 0.1) is 0 Å². The summed E-state index contributed by atoms with van der Waals surface area (Å²) in [5.41, 5.74) is 6.26. The Morgan fingerprint density at radius 1 is 0.941 bits per heavy atom.